The lowest BCUT2D eigenvalue weighted by Gasteiger charge is -2.26. The molecule has 0 saturated heterocycles. The number of rotatable bonds is 7. The minimum absolute atomic E-state index is 0.192. The van der Waals surface area contributed by atoms with Crippen LogP contribution >= 0.6 is 11.3 Å². The number of hydroxylamine groups is 2. The maximum Gasteiger partial charge on any atom is 0.433 e. The van der Waals surface area contributed by atoms with Gasteiger partial charge in [-0.05, 0) is 46.7 Å². The number of hydrogen-bond donors (Lipinski definition) is 1. The van der Waals surface area contributed by atoms with Crippen LogP contribution in [0.1, 0.15) is 32.2 Å². The molecule has 1 aliphatic rings. The van der Waals surface area contributed by atoms with Gasteiger partial charge in [0, 0.05) is 24.4 Å². The van der Waals surface area contributed by atoms with Crippen LogP contribution in [0.3, 0.4) is 0 Å². The number of pyridine rings is 1. The Morgan fingerprint density at radius 2 is 1.89 bits per heavy atom. The fourth-order valence-corrected chi connectivity index (χ4v) is 4.32. The predicted molar refractivity (Wildman–Crippen MR) is 124 cm³/mol. The van der Waals surface area contributed by atoms with Gasteiger partial charge in [0.1, 0.15) is 23.4 Å². The first-order valence-corrected chi connectivity index (χ1v) is 11.3. The van der Waals surface area contributed by atoms with E-state index in [2.05, 4.69) is 15.3 Å². The molecule has 0 radical (unpaired) electrons. The number of allylic oxidation sites excluding steroid dienone is 2. The van der Waals surface area contributed by atoms with Crippen LogP contribution in [-0.4, -0.2) is 21.8 Å². The van der Waals surface area contributed by atoms with Crippen LogP contribution in [0.15, 0.2) is 73.1 Å². The van der Waals surface area contributed by atoms with E-state index in [1.165, 1.54) is 24.4 Å². The topological polar surface area (TPSA) is 81.2 Å². The first kappa shape index (κ1) is 24.5. The van der Waals surface area contributed by atoms with Crippen molar-refractivity contribution in [3.8, 4) is 0 Å². The monoisotopic (exact) mass is 501 g/mol. The number of amides is 2. The van der Waals surface area contributed by atoms with Crippen LogP contribution in [0, 0.1) is 6.92 Å². The van der Waals surface area contributed by atoms with Gasteiger partial charge in [0.2, 0.25) is 0 Å². The summed E-state index contributed by atoms with van der Waals surface area (Å²) in [5, 5.41) is 3.03. The SMILES string of the molecule is Cc1nc([N+]2(OCc3ccc(C(F)(F)F)nc3)C=CC=CC2=O)sc1C(=O)NCc1ccccc1. The molecular weight excluding hydrogens is 481 g/mol. The zero-order valence-electron chi connectivity index (χ0n) is 18.5. The number of hydrogen-bond acceptors (Lipinski definition) is 6. The summed E-state index contributed by atoms with van der Waals surface area (Å²) < 4.78 is 37.6. The highest BCUT2D eigenvalue weighted by Gasteiger charge is 2.44. The summed E-state index contributed by atoms with van der Waals surface area (Å²) in [6.07, 6.45) is 2.39. The molecule has 1 unspecified atom stereocenters. The zero-order valence-corrected chi connectivity index (χ0v) is 19.3. The number of carbonyl (C=O) groups is 2. The van der Waals surface area contributed by atoms with Crippen LogP contribution in [-0.2, 0) is 29.0 Å². The molecule has 0 saturated carbocycles. The lowest BCUT2D eigenvalue weighted by atomic mass is 10.2. The van der Waals surface area contributed by atoms with Crippen molar-refractivity contribution >= 4 is 28.3 Å². The number of quaternary nitrogens is 1. The van der Waals surface area contributed by atoms with Crippen LogP contribution in [0.25, 0.3) is 0 Å². The first-order valence-electron chi connectivity index (χ1n) is 10.4. The molecule has 1 N–H and O–H groups in total. The second-order valence-corrected chi connectivity index (χ2v) is 8.58. The quantitative estimate of drug-likeness (QED) is 0.469. The van der Waals surface area contributed by atoms with Crippen molar-refractivity contribution in [2.45, 2.75) is 26.3 Å². The highest BCUT2D eigenvalue weighted by molar-refractivity contribution is 7.17. The molecule has 180 valence electrons. The van der Waals surface area contributed by atoms with Gasteiger partial charge in [0.15, 0.2) is 0 Å². The molecule has 2 amide bonds. The van der Waals surface area contributed by atoms with E-state index in [1.807, 2.05) is 30.3 Å². The average Bonchev–Trinajstić information content (AvgIpc) is 3.24. The maximum absolute atomic E-state index is 12.9. The minimum atomic E-state index is -4.56. The fourth-order valence-electron chi connectivity index (χ4n) is 3.26. The van der Waals surface area contributed by atoms with E-state index in [-0.39, 0.29) is 17.6 Å². The van der Waals surface area contributed by atoms with E-state index in [1.54, 1.807) is 13.0 Å². The number of thiazole rings is 1. The maximum atomic E-state index is 12.9. The molecule has 0 spiro atoms. The summed E-state index contributed by atoms with van der Waals surface area (Å²) in [4.78, 5) is 39.8. The average molecular weight is 502 g/mol. The van der Waals surface area contributed by atoms with Crippen molar-refractivity contribution in [3.05, 3.63) is 100 Å². The molecule has 1 aromatic carbocycles. The van der Waals surface area contributed by atoms with E-state index in [0.29, 0.717) is 22.7 Å². The number of benzene rings is 1. The molecule has 7 nitrogen and oxygen atoms in total. The van der Waals surface area contributed by atoms with Gasteiger partial charge in [0.25, 0.3) is 5.91 Å². The summed E-state index contributed by atoms with van der Waals surface area (Å²) in [7, 11) is 0. The Morgan fingerprint density at radius 1 is 1.11 bits per heavy atom. The molecule has 11 heteroatoms. The number of aryl methyl sites for hydroxylation is 1. The molecule has 2 aromatic heterocycles. The molecule has 0 bridgehead atoms. The van der Waals surface area contributed by atoms with Crippen molar-refractivity contribution in [1.82, 2.24) is 19.9 Å². The summed E-state index contributed by atoms with van der Waals surface area (Å²) in [6.45, 7) is 1.76. The second kappa shape index (κ2) is 9.90. The molecule has 0 aliphatic carbocycles. The van der Waals surface area contributed by atoms with Crippen LogP contribution in [0.2, 0.25) is 0 Å². The van der Waals surface area contributed by atoms with E-state index in [9.17, 15) is 22.8 Å². The highest BCUT2D eigenvalue weighted by Crippen LogP contribution is 2.35. The standard InChI is InChI=1S/C24H19F3N4O3S/c1-16-21(22(33)29-13-17-7-3-2-4-8-17)35-23(30-16)31(12-6-5-9-20(31)32)34-15-18-10-11-19(28-14-18)24(25,26)27/h2-12,14H,13,15H2,1H3/p+1. The second-order valence-electron chi connectivity index (χ2n) is 7.60. The number of aromatic nitrogens is 2. The molecule has 0 fully saturated rings. The Labute approximate surface area is 202 Å². The van der Waals surface area contributed by atoms with E-state index >= 15 is 0 Å². The third-order valence-corrected chi connectivity index (χ3v) is 6.32. The number of alkyl halides is 3. The predicted octanol–water partition coefficient (Wildman–Crippen LogP) is 4.84. The largest absolute Gasteiger partial charge is 0.433 e. The molecule has 35 heavy (non-hydrogen) atoms. The van der Waals surface area contributed by atoms with Gasteiger partial charge in [-0.15, -0.1) is 0 Å². The Morgan fingerprint density at radius 3 is 2.54 bits per heavy atom. The summed E-state index contributed by atoms with van der Waals surface area (Å²) in [5.41, 5.74) is 0.659. The van der Waals surface area contributed by atoms with E-state index < -0.39 is 22.4 Å². The zero-order chi connectivity index (χ0) is 25.1. The Kier molecular flexibility index (Phi) is 6.92. The van der Waals surface area contributed by atoms with Crippen molar-refractivity contribution in [3.63, 3.8) is 0 Å². The molecule has 3 heterocycles. The van der Waals surface area contributed by atoms with Crippen molar-refractivity contribution in [1.29, 1.82) is 0 Å². The lowest BCUT2D eigenvalue weighted by Crippen LogP contribution is -2.49. The van der Waals surface area contributed by atoms with Crippen LogP contribution < -0.4 is 9.96 Å². The summed E-state index contributed by atoms with van der Waals surface area (Å²) in [6, 6.07) is 11.5. The number of nitrogens with zero attached hydrogens (tertiary/aromatic N) is 3. The molecule has 3 aromatic rings. The molecule has 1 aliphatic heterocycles. The van der Waals surface area contributed by atoms with Gasteiger partial charge in [0.05, 0.1) is 5.69 Å². The van der Waals surface area contributed by atoms with Gasteiger partial charge in [-0.3, -0.25) is 9.78 Å². The highest BCUT2D eigenvalue weighted by atomic mass is 32.1. The minimum Gasteiger partial charge on any atom is -0.347 e. The number of halogens is 3. The van der Waals surface area contributed by atoms with Crippen LogP contribution in [0.5, 0.6) is 0 Å². The van der Waals surface area contributed by atoms with Gasteiger partial charge in [-0.1, -0.05) is 36.4 Å². The Bertz CT molecular complexity index is 1290. The van der Waals surface area contributed by atoms with Crippen molar-refractivity contribution in [2.75, 3.05) is 0 Å². The summed E-state index contributed by atoms with van der Waals surface area (Å²) >= 11 is 1.01. The summed E-state index contributed by atoms with van der Waals surface area (Å²) in [5.74, 6) is -0.818. The molecule has 4 rings (SSSR count). The van der Waals surface area contributed by atoms with Crippen LogP contribution in [0.4, 0.5) is 18.3 Å². The first-order chi connectivity index (χ1) is 16.7. The molecule has 1 atom stereocenters. The fraction of sp³-hybridized carbons (Fsp3) is 0.167. The van der Waals surface area contributed by atoms with Gasteiger partial charge >= 0.3 is 17.2 Å². The smallest absolute Gasteiger partial charge is 0.347 e. The van der Waals surface area contributed by atoms with E-state index in [0.717, 1.165) is 29.2 Å². The Balaban J connectivity index is 1.55. The Hall–Kier alpha value is -3.67. The van der Waals surface area contributed by atoms with Gasteiger partial charge in [-0.2, -0.15) is 23.0 Å². The van der Waals surface area contributed by atoms with Gasteiger partial charge in [-0.25, -0.2) is 4.79 Å². The molecular formula is C24H20F3N4O3S+. The van der Waals surface area contributed by atoms with Gasteiger partial charge < -0.3 is 5.32 Å². The van der Waals surface area contributed by atoms with E-state index in [4.69, 9.17) is 4.84 Å². The lowest BCUT2D eigenvalue weighted by molar-refractivity contribution is -0.165. The van der Waals surface area contributed by atoms with Crippen molar-refractivity contribution < 1.29 is 27.6 Å². The third-order valence-electron chi connectivity index (χ3n) is 5.09. The normalized spacial score (nSPS) is 17.5. The number of nitrogens with one attached hydrogen (secondary N) is 1. The third kappa shape index (κ3) is 5.37. The number of carbonyl (C=O) groups excluding carboxylic acids is 2. The van der Waals surface area contributed by atoms with Crippen molar-refractivity contribution in [2.24, 2.45) is 0 Å².